The second kappa shape index (κ2) is 7.14. The predicted octanol–water partition coefficient (Wildman–Crippen LogP) is 1.84. The van der Waals surface area contributed by atoms with Gasteiger partial charge in [-0.15, -0.1) is 0 Å². The Morgan fingerprint density at radius 3 is 2.35 bits per heavy atom. The molecular weight excluding hydrogens is 256 g/mol. The molecule has 0 radical (unpaired) electrons. The summed E-state index contributed by atoms with van der Waals surface area (Å²) in [5.74, 6) is 0.991. The number of carbonyl (C=O) groups is 1. The number of nitrogens with two attached hydrogens (primary N) is 2. The third-order valence-electron chi connectivity index (χ3n) is 2.91. The Balaban J connectivity index is 2.54. The Bertz CT molecular complexity index is 429. The van der Waals surface area contributed by atoms with Crippen LogP contribution in [0.25, 0.3) is 0 Å². The van der Waals surface area contributed by atoms with E-state index in [1.165, 1.54) is 0 Å². The fourth-order valence-corrected chi connectivity index (χ4v) is 1.81. The van der Waals surface area contributed by atoms with Crippen molar-refractivity contribution in [1.82, 2.24) is 0 Å². The molecule has 5 heteroatoms. The van der Waals surface area contributed by atoms with Crippen molar-refractivity contribution < 1.29 is 14.3 Å². The van der Waals surface area contributed by atoms with Crippen molar-refractivity contribution in [2.75, 3.05) is 6.61 Å². The van der Waals surface area contributed by atoms with Crippen LogP contribution >= 0.6 is 0 Å². The van der Waals surface area contributed by atoms with E-state index >= 15 is 0 Å². The van der Waals surface area contributed by atoms with Crippen LogP contribution in [0.2, 0.25) is 0 Å². The number of hydrogen-bond donors (Lipinski definition) is 2. The summed E-state index contributed by atoms with van der Waals surface area (Å²) in [4.78, 5) is 11.2. The standard InChI is InChI=1S/C15H24N2O3/c1-4-9-19-12-5-7-13(8-6-12)20-11(2)10-15(3,17)14(16)18/h5-8,11H,4,9-10,17H2,1-3H3,(H2,16,18). The molecule has 5 nitrogen and oxygen atoms in total. The predicted molar refractivity (Wildman–Crippen MR) is 78.7 cm³/mol. The molecule has 0 fully saturated rings. The summed E-state index contributed by atoms with van der Waals surface area (Å²) in [6, 6.07) is 7.38. The first-order chi connectivity index (χ1) is 9.35. The molecule has 0 aromatic heterocycles. The molecule has 0 aliphatic rings. The molecule has 1 rings (SSSR count). The third kappa shape index (κ3) is 5.09. The summed E-state index contributed by atoms with van der Waals surface area (Å²) in [6.07, 6.45) is 1.12. The van der Waals surface area contributed by atoms with Gasteiger partial charge in [0.05, 0.1) is 18.2 Å². The number of carbonyl (C=O) groups excluding carboxylic acids is 1. The smallest absolute Gasteiger partial charge is 0.237 e. The minimum atomic E-state index is -1.07. The Morgan fingerprint density at radius 2 is 1.85 bits per heavy atom. The molecule has 2 atom stereocenters. The summed E-state index contributed by atoms with van der Waals surface area (Å²) in [7, 11) is 0. The van der Waals surface area contributed by atoms with Crippen molar-refractivity contribution >= 4 is 5.91 Å². The molecule has 1 aromatic rings. The molecule has 20 heavy (non-hydrogen) atoms. The molecule has 0 bridgehead atoms. The lowest BCUT2D eigenvalue weighted by atomic mass is 9.95. The van der Waals surface area contributed by atoms with Crippen LogP contribution < -0.4 is 20.9 Å². The highest BCUT2D eigenvalue weighted by Crippen LogP contribution is 2.20. The van der Waals surface area contributed by atoms with Crippen molar-refractivity contribution in [3.63, 3.8) is 0 Å². The van der Waals surface area contributed by atoms with Crippen LogP contribution in [0.5, 0.6) is 11.5 Å². The minimum Gasteiger partial charge on any atom is -0.494 e. The lowest BCUT2D eigenvalue weighted by Gasteiger charge is -2.25. The van der Waals surface area contributed by atoms with Gasteiger partial charge in [-0.3, -0.25) is 4.79 Å². The average molecular weight is 280 g/mol. The van der Waals surface area contributed by atoms with Crippen LogP contribution in [0, 0.1) is 0 Å². The van der Waals surface area contributed by atoms with Crippen molar-refractivity contribution in [3.05, 3.63) is 24.3 Å². The number of primary amides is 1. The van der Waals surface area contributed by atoms with Crippen LogP contribution in [-0.2, 0) is 4.79 Å². The van der Waals surface area contributed by atoms with Crippen LogP contribution in [0.15, 0.2) is 24.3 Å². The molecule has 0 spiro atoms. The lowest BCUT2D eigenvalue weighted by Crippen LogP contribution is -2.51. The molecule has 0 aliphatic carbocycles. The van der Waals surface area contributed by atoms with Crippen molar-refractivity contribution in [3.8, 4) is 11.5 Å². The van der Waals surface area contributed by atoms with E-state index < -0.39 is 11.4 Å². The molecular formula is C15H24N2O3. The summed E-state index contributed by atoms with van der Waals surface area (Å²) >= 11 is 0. The van der Waals surface area contributed by atoms with E-state index in [4.69, 9.17) is 20.9 Å². The zero-order chi connectivity index (χ0) is 15.2. The SMILES string of the molecule is CCCOc1ccc(OC(C)CC(C)(N)C(N)=O)cc1. The summed E-state index contributed by atoms with van der Waals surface area (Å²) in [6.45, 7) is 6.22. The molecule has 112 valence electrons. The largest absolute Gasteiger partial charge is 0.494 e. The van der Waals surface area contributed by atoms with Crippen LogP contribution in [0.3, 0.4) is 0 Å². The second-order valence-corrected chi connectivity index (χ2v) is 5.23. The molecule has 2 unspecified atom stereocenters. The van der Waals surface area contributed by atoms with Crippen molar-refractivity contribution in [2.24, 2.45) is 11.5 Å². The molecule has 1 amide bonds. The number of amides is 1. The molecule has 0 saturated heterocycles. The molecule has 4 N–H and O–H groups in total. The molecule has 0 aliphatic heterocycles. The maximum Gasteiger partial charge on any atom is 0.237 e. The van der Waals surface area contributed by atoms with E-state index in [9.17, 15) is 4.79 Å². The third-order valence-corrected chi connectivity index (χ3v) is 2.91. The maximum absolute atomic E-state index is 11.2. The minimum absolute atomic E-state index is 0.208. The van der Waals surface area contributed by atoms with E-state index in [1.54, 1.807) is 6.92 Å². The van der Waals surface area contributed by atoms with E-state index in [0.29, 0.717) is 18.8 Å². The van der Waals surface area contributed by atoms with Gasteiger partial charge in [-0.1, -0.05) is 6.92 Å². The van der Waals surface area contributed by atoms with Gasteiger partial charge in [0.25, 0.3) is 0 Å². The number of benzene rings is 1. The highest BCUT2D eigenvalue weighted by Gasteiger charge is 2.28. The average Bonchev–Trinajstić information content (AvgIpc) is 2.37. The van der Waals surface area contributed by atoms with Crippen molar-refractivity contribution in [1.29, 1.82) is 0 Å². The van der Waals surface area contributed by atoms with Gasteiger partial charge < -0.3 is 20.9 Å². The van der Waals surface area contributed by atoms with Gasteiger partial charge in [0.15, 0.2) is 0 Å². The first kappa shape index (κ1) is 16.3. The van der Waals surface area contributed by atoms with E-state index in [0.717, 1.165) is 12.2 Å². The van der Waals surface area contributed by atoms with Crippen LogP contribution in [0.4, 0.5) is 0 Å². The summed E-state index contributed by atoms with van der Waals surface area (Å²) < 4.78 is 11.2. The fourth-order valence-electron chi connectivity index (χ4n) is 1.81. The van der Waals surface area contributed by atoms with Gasteiger partial charge in [-0.2, -0.15) is 0 Å². The zero-order valence-corrected chi connectivity index (χ0v) is 12.4. The van der Waals surface area contributed by atoms with Gasteiger partial charge >= 0.3 is 0 Å². The lowest BCUT2D eigenvalue weighted by molar-refractivity contribution is -0.123. The maximum atomic E-state index is 11.2. The van der Waals surface area contributed by atoms with Crippen molar-refractivity contribution in [2.45, 2.75) is 45.3 Å². The summed E-state index contributed by atoms with van der Waals surface area (Å²) in [5, 5.41) is 0. The van der Waals surface area contributed by atoms with Gasteiger partial charge in [0.2, 0.25) is 5.91 Å². The Labute approximate surface area is 120 Å². The Morgan fingerprint density at radius 1 is 1.30 bits per heavy atom. The molecule has 0 saturated carbocycles. The monoisotopic (exact) mass is 280 g/mol. The fraction of sp³-hybridized carbons (Fsp3) is 0.533. The van der Waals surface area contributed by atoms with Gasteiger partial charge in [0, 0.05) is 6.42 Å². The Kier molecular flexibility index (Phi) is 5.82. The molecule has 0 heterocycles. The van der Waals surface area contributed by atoms with Gasteiger partial charge in [-0.05, 0) is 44.5 Å². The normalized spacial score (nSPS) is 15.2. The van der Waals surface area contributed by atoms with E-state index in [-0.39, 0.29) is 6.10 Å². The number of ether oxygens (including phenoxy) is 2. The first-order valence-corrected chi connectivity index (χ1v) is 6.83. The van der Waals surface area contributed by atoms with Crippen LogP contribution in [0.1, 0.15) is 33.6 Å². The highest BCUT2D eigenvalue weighted by molar-refractivity contribution is 5.83. The highest BCUT2D eigenvalue weighted by atomic mass is 16.5. The summed E-state index contributed by atoms with van der Waals surface area (Å²) in [5.41, 5.74) is 9.99. The number of rotatable bonds is 8. The first-order valence-electron chi connectivity index (χ1n) is 6.83. The molecule has 1 aromatic carbocycles. The van der Waals surface area contributed by atoms with Crippen LogP contribution in [-0.4, -0.2) is 24.2 Å². The number of hydrogen-bond acceptors (Lipinski definition) is 4. The second-order valence-electron chi connectivity index (χ2n) is 5.23. The zero-order valence-electron chi connectivity index (χ0n) is 12.4. The van der Waals surface area contributed by atoms with E-state index in [1.807, 2.05) is 31.2 Å². The van der Waals surface area contributed by atoms with E-state index in [2.05, 4.69) is 6.92 Å². The Hall–Kier alpha value is -1.75. The van der Waals surface area contributed by atoms with Gasteiger partial charge in [0.1, 0.15) is 11.5 Å². The quantitative estimate of drug-likeness (QED) is 0.760. The topological polar surface area (TPSA) is 87.6 Å². The van der Waals surface area contributed by atoms with Gasteiger partial charge in [-0.25, -0.2) is 0 Å².